The minimum absolute atomic E-state index is 1.23. The van der Waals surface area contributed by atoms with Crippen LogP contribution in [0.15, 0.2) is 0 Å². The molecule has 0 aliphatic rings. The van der Waals surface area contributed by atoms with Crippen LogP contribution in [0.25, 0.3) is 0 Å². The Labute approximate surface area is 84.1 Å². The number of hydrogen-bond acceptors (Lipinski definition) is 3. The van der Waals surface area contributed by atoms with Crippen LogP contribution in [-0.2, 0) is 13.6 Å². The van der Waals surface area contributed by atoms with E-state index in [1.54, 1.807) is 0 Å². The summed E-state index contributed by atoms with van der Waals surface area (Å²) in [5.74, 6) is 0. The first-order chi connectivity index (χ1) is 4.52. The zero-order chi connectivity index (χ0) is 8.15. The van der Waals surface area contributed by atoms with Crippen molar-refractivity contribution in [1.82, 2.24) is 0 Å². The maximum Gasteiger partial charge on any atom is 0.705 e. The van der Waals surface area contributed by atoms with Crippen LogP contribution in [-0.4, -0.2) is 8.73 Å². The summed E-state index contributed by atoms with van der Waals surface area (Å²) in [4.78, 5) is 0. The van der Waals surface area contributed by atoms with Gasteiger partial charge in [-0.15, -0.1) is 0 Å². The fourth-order valence-electron chi connectivity index (χ4n) is 0.155. The molecule has 8 heteroatoms. The first-order valence-corrected chi connectivity index (χ1v) is 5.48. The Balaban J connectivity index is 3.44. The van der Waals surface area contributed by atoms with Crippen molar-refractivity contribution in [3.05, 3.63) is 0 Å². The third-order valence-electron chi connectivity index (χ3n) is 0.331. The minimum Gasteiger partial charge on any atom is -0.199 e. The highest BCUT2D eigenvalue weighted by molar-refractivity contribution is 14.1. The van der Waals surface area contributed by atoms with Gasteiger partial charge in [-0.2, -0.15) is 8.78 Å². The largest absolute Gasteiger partial charge is 0.705 e. The zero-order valence-electron chi connectivity index (χ0n) is 4.34. The standard InChI is InChI=1S/C2H2F2I2O3P/c3-1(5)8-10(7)9-2(4)6/h1-2H/q+1. The highest BCUT2D eigenvalue weighted by Gasteiger charge is 2.29. The fourth-order valence-corrected chi connectivity index (χ4v) is 1.58. The van der Waals surface area contributed by atoms with Crippen LogP contribution in [0.1, 0.15) is 0 Å². The molecule has 0 spiro atoms. The highest BCUT2D eigenvalue weighted by Crippen LogP contribution is 2.32. The van der Waals surface area contributed by atoms with E-state index in [1.807, 2.05) is 0 Å². The molecule has 60 valence electrons. The van der Waals surface area contributed by atoms with Crippen LogP contribution in [0.5, 0.6) is 0 Å². The lowest BCUT2D eigenvalue weighted by Gasteiger charge is -1.88. The summed E-state index contributed by atoms with van der Waals surface area (Å²) in [5.41, 5.74) is 0. The molecule has 0 heterocycles. The molecule has 0 aromatic heterocycles. The number of halogens is 4. The Morgan fingerprint density at radius 3 is 1.70 bits per heavy atom. The predicted octanol–water partition coefficient (Wildman–Crippen LogP) is 3.05. The average Bonchev–Trinajstić information content (AvgIpc) is 1.58. The molecule has 10 heavy (non-hydrogen) atoms. The Kier molecular flexibility index (Phi) is 6.72. The van der Waals surface area contributed by atoms with E-state index in [1.165, 1.54) is 45.2 Å². The summed E-state index contributed by atoms with van der Waals surface area (Å²) in [6.45, 7) is 0. The van der Waals surface area contributed by atoms with E-state index in [0.717, 1.165) is 0 Å². The highest BCUT2D eigenvalue weighted by atomic mass is 127. The third kappa shape index (κ3) is 7.45. The molecule has 2 unspecified atom stereocenters. The molecule has 3 nitrogen and oxygen atoms in total. The van der Waals surface area contributed by atoms with Crippen molar-refractivity contribution >= 4 is 53.4 Å². The van der Waals surface area contributed by atoms with Crippen LogP contribution >= 0.6 is 53.4 Å². The minimum atomic E-state index is -2.67. The first kappa shape index (κ1) is 11.3. The summed E-state index contributed by atoms with van der Waals surface area (Å²) in [7, 11) is -2.67. The lowest BCUT2D eigenvalue weighted by molar-refractivity contribution is 0.108. The quantitative estimate of drug-likeness (QED) is 0.416. The second kappa shape index (κ2) is 5.92. The second-order valence-electron chi connectivity index (χ2n) is 0.956. The van der Waals surface area contributed by atoms with Gasteiger partial charge >= 0.3 is 17.0 Å². The van der Waals surface area contributed by atoms with Crippen LogP contribution in [0.3, 0.4) is 0 Å². The van der Waals surface area contributed by atoms with Gasteiger partial charge in [0.1, 0.15) is 0 Å². The molecule has 0 bridgehead atoms. The van der Waals surface area contributed by atoms with Crippen LogP contribution in [0, 0.1) is 0 Å². The molecular weight excluding hydrogens is 395 g/mol. The number of rotatable bonds is 4. The summed E-state index contributed by atoms with van der Waals surface area (Å²) in [6, 6.07) is 0. The molecule has 0 amide bonds. The van der Waals surface area contributed by atoms with Crippen molar-refractivity contribution in [3.8, 4) is 0 Å². The van der Waals surface area contributed by atoms with Gasteiger partial charge in [-0.05, 0) is 45.2 Å². The van der Waals surface area contributed by atoms with Gasteiger partial charge in [0.05, 0.1) is 0 Å². The van der Waals surface area contributed by atoms with Gasteiger partial charge in [0.25, 0.3) is 0 Å². The molecule has 0 aromatic rings. The molecular formula is C2H2F2I2O3P+. The fraction of sp³-hybridized carbons (Fsp3) is 1.00. The van der Waals surface area contributed by atoms with Crippen molar-refractivity contribution in [2.24, 2.45) is 0 Å². The normalized spacial score (nSPS) is 18.2. The maximum atomic E-state index is 11.8. The van der Waals surface area contributed by atoms with Crippen molar-refractivity contribution in [2.75, 3.05) is 0 Å². The molecule has 0 saturated carbocycles. The molecule has 0 fully saturated rings. The topological polar surface area (TPSA) is 35.5 Å². The average molecular weight is 397 g/mol. The van der Waals surface area contributed by atoms with Crippen LogP contribution < -0.4 is 0 Å². The Morgan fingerprint density at radius 2 is 1.50 bits per heavy atom. The smallest absolute Gasteiger partial charge is 0.199 e. The molecule has 0 aliphatic heterocycles. The SMILES string of the molecule is O=[P+](OC(F)I)OC(F)I. The molecule has 0 aliphatic carbocycles. The zero-order valence-corrected chi connectivity index (χ0v) is 9.55. The summed E-state index contributed by atoms with van der Waals surface area (Å²) >= 11 is 2.45. The molecule has 0 aromatic carbocycles. The summed E-state index contributed by atoms with van der Waals surface area (Å²) in [6.07, 6.45) is 0. The Morgan fingerprint density at radius 1 is 1.20 bits per heavy atom. The third-order valence-corrected chi connectivity index (χ3v) is 2.36. The van der Waals surface area contributed by atoms with Crippen LogP contribution in [0.2, 0.25) is 0 Å². The van der Waals surface area contributed by atoms with Gasteiger partial charge in [-0.1, -0.05) is 9.05 Å². The molecule has 0 rings (SSSR count). The first-order valence-electron chi connectivity index (χ1n) is 1.89. The predicted molar refractivity (Wildman–Crippen MR) is 47.6 cm³/mol. The van der Waals surface area contributed by atoms with Gasteiger partial charge in [0.2, 0.25) is 0 Å². The lowest BCUT2D eigenvalue weighted by atomic mass is 11.6. The molecule has 0 radical (unpaired) electrons. The van der Waals surface area contributed by atoms with E-state index in [2.05, 4.69) is 9.05 Å². The van der Waals surface area contributed by atoms with Crippen molar-refractivity contribution in [1.29, 1.82) is 0 Å². The van der Waals surface area contributed by atoms with Crippen molar-refractivity contribution in [3.63, 3.8) is 0 Å². The maximum absolute atomic E-state index is 11.8. The van der Waals surface area contributed by atoms with E-state index in [9.17, 15) is 13.3 Å². The molecule has 2 atom stereocenters. The Hall–Kier alpha value is 1.34. The van der Waals surface area contributed by atoms with E-state index >= 15 is 0 Å². The van der Waals surface area contributed by atoms with E-state index in [4.69, 9.17) is 0 Å². The van der Waals surface area contributed by atoms with Gasteiger partial charge in [-0.25, -0.2) is 0 Å². The Bertz CT molecular complexity index is 109. The molecule has 0 N–H and O–H groups in total. The van der Waals surface area contributed by atoms with Gasteiger partial charge in [0, 0.05) is 4.57 Å². The van der Waals surface area contributed by atoms with E-state index in [-0.39, 0.29) is 0 Å². The van der Waals surface area contributed by atoms with Gasteiger partial charge < -0.3 is 0 Å². The summed E-state index contributed by atoms with van der Waals surface area (Å²) in [5, 5.41) is 0. The number of hydrogen-bond donors (Lipinski definition) is 0. The monoisotopic (exact) mass is 397 g/mol. The molecule has 0 saturated heterocycles. The second-order valence-corrected chi connectivity index (χ2v) is 3.78. The van der Waals surface area contributed by atoms with E-state index in [0.29, 0.717) is 0 Å². The van der Waals surface area contributed by atoms with Crippen LogP contribution in [0.4, 0.5) is 8.78 Å². The van der Waals surface area contributed by atoms with Crippen molar-refractivity contribution < 1.29 is 22.4 Å². The lowest BCUT2D eigenvalue weighted by Crippen LogP contribution is -1.93. The van der Waals surface area contributed by atoms with E-state index < -0.39 is 17.0 Å². The van der Waals surface area contributed by atoms with Gasteiger partial charge in [0.15, 0.2) is 0 Å². The summed E-state index contributed by atoms with van der Waals surface area (Å²) < 4.78 is 38.2. The van der Waals surface area contributed by atoms with Gasteiger partial charge in [-0.3, -0.25) is 0 Å². The number of alkyl halides is 4. The van der Waals surface area contributed by atoms with Crippen molar-refractivity contribution in [2.45, 2.75) is 8.73 Å².